The molecule has 2 heterocycles. The number of benzene rings is 1. The molecule has 2 aromatic rings. The standard InChI is InChI=1S/C20H26F3N5O/c1-3-24-19(28-10-8-15(14-28)16-12-26-27(2)13-16)25-9-11-29-18-6-4-17(5-7-18)20(21,22)23/h4-7,12-13,15H,3,8-11,14H2,1-2H3,(H,24,25). The average molecular weight is 409 g/mol. The maximum atomic E-state index is 12.6. The number of guanidine groups is 1. The number of aryl methyl sites for hydroxylation is 1. The van der Waals surface area contributed by atoms with Crippen molar-refractivity contribution in [2.75, 3.05) is 32.8 Å². The quantitative estimate of drug-likeness (QED) is 0.452. The summed E-state index contributed by atoms with van der Waals surface area (Å²) in [6.45, 7) is 5.26. The first-order valence-corrected chi connectivity index (χ1v) is 9.68. The highest BCUT2D eigenvalue weighted by Crippen LogP contribution is 2.30. The number of nitrogens with one attached hydrogen (secondary N) is 1. The molecule has 1 saturated heterocycles. The monoisotopic (exact) mass is 409 g/mol. The van der Waals surface area contributed by atoms with Gasteiger partial charge in [-0.2, -0.15) is 18.3 Å². The topological polar surface area (TPSA) is 54.7 Å². The first-order chi connectivity index (χ1) is 13.9. The third kappa shape index (κ3) is 5.65. The fourth-order valence-corrected chi connectivity index (χ4v) is 3.36. The predicted molar refractivity (Wildman–Crippen MR) is 105 cm³/mol. The van der Waals surface area contributed by atoms with Gasteiger partial charge >= 0.3 is 6.18 Å². The van der Waals surface area contributed by atoms with Crippen molar-refractivity contribution in [3.63, 3.8) is 0 Å². The van der Waals surface area contributed by atoms with E-state index in [9.17, 15) is 13.2 Å². The van der Waals surface area contributed by atoms with Gasteiger partial charge in [0.05, 0.1) is 18.3 Å². The number of alkyl halides is 3. The van der Waals surface area contributed by atoms with Crippen molar-refractivity contribution in [2.24, 2.45) is 12.0 Å². The van der Waals surface area contributed by atoms with Crippen molar-refractivity contribution in [1.29, 1.82) is 0 Å². The van der Waals surface area contributed by atoms with E-state index in [4.69, 9.17) is 4.74 Å². The Bertz CT molecular complexity index is 816. The molecular weight excluding hydrogens is 383 g/mol. The number of ether oxygens (including phenoxy) is 1. The fourth-order valence-electron chi connectivity index (χ4n) is 3.36. The second-order valence-corrected chi connectivity index (χ2v) is 6.99. The Morgan fingerprint density at radius 1 is 1.31 bits per heavy atom. The highest BCUT2D eigenvalue weighted by atomic mass is 19.4. The Morgan fingerprint density at radius 2 is 2.07 bits per heavy atom. The van der Waals surface area contributed by atoms with Crippen LogP contribution in [0.25, 0.3) is 0 Å². The summed E-state index contributed by atoms with van der Waals surface area (Å²) in [7, 11) is 1.92. The molecular formula is C20H26F3N5O. The second kappa shape index (κ2) is 9.19. The highest BCUT2D eigenvalue weighted by Gasteiger charge is 2.30. The van der Waals surface area contributed by atoms with Crippen molar-refractivity contribution >= 4 is 5.96 Å². The lowest BCUT2D eigenvalue weighted by Gasteiger charge is -2.21. The largest absolute Gasteiger partial charge is 0.492 e. The van der Waals surface area contributed by atoms with Crippen molar-refractivity contribution in [3.8, 4) is 5.75 Å². The third-order valence-corrected chi connectivity index (χ3v) is 4.82. The van der Waals surface area contributed by atoms with Crippen LogP contribution in [0.15, 0.2) is 41.7 Å². The summed E-state index contributed by atoms with van der Waals surface area (Å²) in [5, 5.41) is 7.55. The summed E-state index contributed by atoms with van der Waals surface area (Å²) in [6.07, 6.45) is 0.664. The zero-order valence-corrected chi connectivity index (χ0v) is 16.6. The minimum atomic E-state index is -4.34. The average Bonchev–Trinajstić information content (AvgIpc) is 3.33. The van der Waals surface area contributed by atoms with Crippen LogP contribution < -0.4 is 10.1 Å². The van der Waals surface area contributed by atoms with Gasteiger partial charge in [0, 0.05) is 38.8 Å². The molecule has 158 valence electrons. The number of nitrogens with zero attached hydrogens (tertiary/aromatic N) is 4. The Hall–Kier alpha value is -2.71. The summed E-state index contributed by atoms with van der Waals surface area (Å²) in [4.78, 5) is 6.83. The lowest BCUT2D eigenvalue weighted by atomic mass is 10.0. The van der Waals surface area contributed by atoms with Crippen LogP contribution in [0.3, 0.4) is 0 Å². The fraction of sp³-hybridized carbons (Fsp3) is 0.500. The smallest absolute Gasteiger partial charge is 0.416 e. The van der Waals surface area contributed by atoms with Gasteiger partial charge in [-0.15, -0.1) is 0 Å². The van der Waals surface area contributed by atoms with E-state index < -0.39 is 11.7 Å². The Morgan fingerprint density at radius 3 is 2.69 bits per heavy atom. The summed E-state index contributed by atoms with van der Waals surface area (Å²) in [6, 6.07) is 4.70. The Kier molecular flexibility index (Phi) is 6.66. The van der Waals surface area contributed by atoms with Gasteiger partial charge in [-0.3, -0.25) is 4.68 Å². The molecule has 3 rings (SSSR count). The number of aliphatic imine (C=N–C) groups is 1. The number of aromatic nitrogens is 2. The van der Waals surface area contributed by atoms with Crippen molar-refractivity contribution in [3.05, 3.63) is 47.8 Å². The summed E-state index contributed by atoms with van der Waals surface area (Å²) < 4.78 is 45.1. The van der Waals surface area contributed by atoms with Gasteiger partial charge in [-0.05, 0) is 43.2 Å². The van der Waals surface area contributed by atoms with E-state index in [1.807, 2.05) is 24.9 Å². The summed E-state index contributed by atoms with van der Waals surface area (Å²) in [5.41, 5.74) is 0.547. The van der Waals surface area contributed by atoms with Crippen molar-refractivity contribution in [1.82, 2.24) is 20.0 Å². The normalized spacial score (nSPS) is 17.6. The van der Waals surface area contributed by atoms with Crippen LogP contribution in [-0.2, 0) is 13.2 Å². The molecule has 1 fully saturated rings. The number of rotatable bonds is 6. The maximum absolute atomic E-state index is 12.6. The molecule has 1 atom stereocenters. The van der Waals surface area contributed by atoms with Crippen LogP contribution in [0.5, 0.6) is 5.75 Å². The molecule has 0 amide bonds. The first-order valence-electron chi connectivity index (χ1n) is 9.68. The van der Waals surface area contributed by atoms with Gasteiger partial charge in [-0.25, -0.2) is 4.99 Å². The molecule has 1 aromatic heterocycles. The van der Waals surface area contributed by atoms with E-state index in [0.717, 1.165) is 44.1 Å². The molecule has 1 aliphatic heterocycles. The van der Waals surface area contributed by atoms with E-state index in [1.54, 1.807) is 0 Å². The molecule has 0 aliphatic carbocycles. The molecule has 9 heteroatoms. The molecule has 0 spiro atoms. The number of likely N-dealkylation sites (tertiary alicyclic amines) is 1. The maximum Gasteiger partial charge on any atom is 0.416 e. The number of hydrogen-bond donors (Lipinski definition) is 1. The van der Waals surface area contributed by atoms with Crippen LogP contribution >= 0.6 is 0 Å². The Balaban J connectivity index is 1.52. The van der Waals surface area contributed by atoms with Gasteiger partial charge in [0.25, 0.3) is 0 Å². The van der Waals surface area contributed by atoms with Gasteiger partial charge < -0.3 is 15.0 Å². The van der Waals surface area contributed by atoms with Gasteiger partial charge in [0.2, 0.25) is 0 Å². The van der Waals surface area contributed by atoms with Crippen LogP contribution in [0, 0.1) is 0 Å². The van der Waals surface area contributed by atoms with E-state index in [-0.39, 0.29) is 0 Å². The molecule has 0 saturated carbocycles. The molecule has 1 aliphatic rings. The summed E-state index contributed by atoms with van der Waals surface area (Å²) in [5.74, 6) is 1.65. The number of halogens is 3. The molecule has 1 unspecified atom stereocenters. The van der Waals surface area contributed by atoms with E-state index in [2.05, 4.69) is 26.5 Å². The Labute approximate surface area is 168 Å². The zero-order valence-electron chi connectivity index (χ0n) is 16.6. The third-order valence-electron chi connectivity index (χ3n) is 4.82. The van der Waals surface area contributed by atoms with E-state index in [0.29, 0.717) is 24.8 Å². The highest BCUT2D eigenvalue weighted by molar-refractivity contribution is 5.80. The SMILES string of the molecule is CCNC(=NCCOc1ccc(C(F)(F)F)cc1)N1CCC(c2cnn(C)c2)C1. The number of hydrogen-bond acceptors (Lipinski definition) is 3. The van der Waals surface area contributed by atoms with Crippen molar-refractivity contribution < 1.29 is 17.9 Å². The van der Waals surface area contributed by atoms with Gasteiger partial charge in [0.1, 0.15) is 12.4 Å². The van der Waals surface area contributed by atoms with E-state index >= 15 is 0 Å². The van der Waals surface area contributed by atoms with Gasteiger partial charge in [0.15, 0.2) is 5.96 Å². The van der Waals surface area contributed by atoms with Crippen LogP contribution in [0.1, 0.15) is 30.4 Å². The second-order valence-electron chi connectivity index (χ2n) is 6.99. The molecule has 1 aromatic carbocycles. The molecule has 0 radical (unpaired) electrons. The minimum Gasteiger partial charge on any atom is -0.492 e. The molecule has 1 N–H and O–H groups in total. The summed E-state index contributed by atoms with van der Waals surface area (Å²) >= 11 is 0. The van der Waals surface area contributed by atoms with E-state index in [1.165, 1.54) is 17.7 Å². The van der Waals surface area contributed by atoms with Gasteiger partial charge in [-0.1, -0.05) is 0 Å². The van der Waals surface area contributed by atoms with Crippen molar-refractivity contribution in [2.45, 2.75) is 25.4 Å². The predicted octanol–water partition coefficient (Wildman–Crippen LogP) is 3.27. The molecule has 29 heavy (non-hydrogen) atoms. The lowest BCUT2D eigenvalue weighted by Crippen LogP contribution is -2.40. The van der Waals surface area contributed by atoms with Crippen LogP contribution in [-0.4, -0.2) is 53.4 Å². The van der Waals surface area contributed by atoms with Crippen LogP contribution in [0.4, 0.5) is 13.2 Å². The first kappa shape index (κ1) is 21.0. The molecule has 0 bridgehead atoms. The zero-order chi connectivity index (χ0) is 20.9. The minimum absolute atomic E-state index is 0.292. The van der Waals surface area contributed by atoms with Crippen LogP contribution in [0.2, 0.25) is 0 Å². The lowest BCUT2D eigenvalue weighted by molar-refractivity contribution is -0.137. The molecule has 6 nitrogen and oxygen atoms in total.